The van der Waals surface area contributed by atoms with E-state index >= 15 is 0 Å². The van der Waals surface area contributed by atoms with Crippen molar-refractivity contribution in [2.24, 2.45) is 5.92 Å². The van der Waals surface area contributed by atoms with Crippen LogP contribution >= 0.6 is 11.3 Å². The second-order valence-electron chi connectivity index (χ2n) is 3.70. The summed E-state index contributed by atoms with van der Waals surface area (Å²) in [5.41, 5.74) is 0. The largest absolute Gasteiger partial charge is 0.324 e. The molecule has 0 amide bonds. The Kier molecular flexibility index (Phi) is 2.56. The number of rotatable bonds is 4. The minimum absolute atomic E-state index is 0.119. The smallest absolute Gasteiger partial charge is 0.299 e. The number of hydrogen-bond donors (Lipinski definition) is 0. The number of carbonyl (C=O) groups excluding carboxylic acids is 1. The second-order valence-corrected chi connectivity index (χ2v) is 4.80. The fourth-order valence-electron chi connectivity index (χ4n) is 1.77. The van der Waals surface area contributed by atoms with Crippen molar-refractivity contribution in [1.29, 1.82) is 0 Å². The Morgan fingerprint density at radius 1 is 1.67 bits per heavy atom. The van der Waals surface area contributed by atoms with Crippen LogP contribution in [0.2, 0.25) is 0 Å². The highest BCUT2D eigenvalue weighted by atomic mass is 32.1. The van der Waals surface area contributed by atoms with Crippen LogP contribution in [0.25, 0.3) is 0 Å². The van der Waals surface area contributed by atoms with E-state index in [1.54, 1.807) is 6.07 Å². The van der Waals surface area contributed by atoms with Gasteiger partial charge in [0.25, 0.3) is 0 Å². The van der Waals surface area contributed by atoms with Crippen molar-refractivity contribution >= 4 is 22.1 Å². The zero-order valence-corrected chi connectivity index (χ0v) is 9.12. The monoisotopic (exact) mass is 225 g/mol. The highest BCUT2D eigenvalue weighted by Crippen LogP contribution is 2.51. The fraction of sp³-hybridized carbons (Fsp3) is 0.500. The van der Waals surface area contributed by atoms with Crippen LogP contribution in [-0.2, 0) is 4.79 Å². The third-order valence-corrected chi connectivity index (χ3v) is 3.88. The number of ketones is 1. The Labute approximate surface area is 91.1 Å². The first-order valence-corrected chi connectivity index (χ1v) is 5.72. The van der Waals surface area contributed by atoms with Crippen molar-refractivity contribution in [3.63, 3.8) is 0 Å². The Bertz CT molecular complexity index is 413. The molecular weight excluding hydrogens is 214 g/mol. The molecule has 1 aromatic heterocycles. The van der Waals surface area contributed by atoms with Gasteiger partial charge in [-0.15, -0.1) is 0 Å². The molecule has 2 rings (SSSR count). The van der Waals surface area contributed by atoms with Gasteiger partial charge in [0.05, 0.1) is 4.92 Å². The zero-order valence-electron chi connectivity index (χ0n) is 8.30. The minimum Gasteiger partial charge on any atom is -0.299 e. The van der Waals surface area contributed by atoms with E-state index < -0.39 is 0 Å². The van der Waals surface area contributed by atoms with Gasteiger partial charge in [-0.25, -0.2) is 0 Å². The number of nitro groups is 1. The maximum absolute atomic E-state index is 11.4. The summed E-state index contributed by atoms with van der Waals surface area (Å²) in [4.78, 5) is 22.4. The quantitative estimate of drug-likeness (QED) is 0.584. The van der Waals surface area contributed by atoms with Crippen molar-refractivity contribution in [3.05, 3.63) is 27.1 Å². The first-order valence-electron chi connectivity index (χ1n) is 4.90. The lowest BCUT2D eigenvalue weighted by Crippen LogP contribution is -1.98. The van der Waals surface area contributed by atoms with E-state index in [2.05, 4.69) is 0 Å². The van der Waals surface area contributed by atoms with Gasteiger partial charge in [-0.2, -0.15) is 0 Å². The molecule has 1 aliphatic rings. The van der Waals surface area contributed by atoms with Crippen LogP contribution in [0.3, 0.4) is 0 Å². The molecule has 2 unspecified atom stereocenters. The zero-order chi connectivity index (χ0) is 11.0. The molecule has 0 spiro atoms. The highest BCUT2D eigenvalue weighted by molar-refractivity contribution is 7.15. The SMILES string of the molecule is CCC(=O)C1CC1c1ccc([N+](=O)[O-])s1. The molecule has 1 aromatic rings. The van der Waals surface area contributed by atoms with Crippen LogP contribution < -0.4 is 0 Å². The Morgan fingerprint density at radius 2 is 2.40 bits per heavy atom. The molecule has 1 aliphatic carbocycles. The number of Topliss-reactive ketones (excluding diaryl/α,β-unsaturated/α-hetero) is 1. The number of thiophene rings is 1. The molecule has 0 aromatic carbocycles. The van der Waals surface area contributed by atoms with Gasteiger partial charge in [0.1, 0.15) is 5.78 Å². The number of carbonyl (C=O) groups is 1. The van der Waals surface area contributed by atoms with Gasteiger partial charge >= 0.3 is 5.00 Å². The first kappa shape index (κ1) is 10.3. The molecule has 0 radical (unpaired) electrons. The van der Waals surface area contributed by atoms with Gasteiger partial charge in [0.2, 0.25) is 0 Å². The maximum Gasteiger partial charge on any atom is 0.324 e. The van der Waals surface area contributed by atoms with Crippen molar-refractivity contribution in [3.8, 4) is 0 Å². The van der Waals surface area contributed by atoms with Crippen molar-refractivity contribution in [2.45, 2.75) is 25.7 Å². The summed E-state index contributed by atoms with van der Waals surface area (Å²) >= 11 is 1.19. The van der Waals surface area contributed by atoms with Gasteiger partial charge in [-0.1, -0.05) is 18.3 Å². The minimum atomic E-state index is -0.382. The predicted molar refractivity (Wildman–Crippen MR) is 57.1 cm³/mol. The van der Waals surface area contributed by atoms with E-state index in [0.29, 0.717) is 6.42 Å². The highest BCUT2D eigenvalue weighted by Gasteiger charge is 2.44. The molecule has 1 saturated carbocycles. The summed E-state index contributed by atoms with van der Waals surface area (Å²) in [6, 6.07) is 3.29. The Hall–Kier alpha value is -1.23. The summed E-state index contributed by atoms with van der Waals surface area (Å²) in [7, 11) is 0. The van der Waals surface area contributed by atoms with Crippen molar-refractivity contribution < 1.29 is 9.72 Å². The normalized spacial score (nSPS) is 23.8. The van der Waals surface area contributed by atoms with Crippen LogP contribution in [0.1, 0.15) is 30.6 Å². The molecular formula is C10H11NO3S. The summed E-state index contributed by atoms with van der Waals surface area (Å²) in [5, 5.41) is 10.6. The Balaban J connectivity index is 2.07. The van der Waals surface area contributed by atoms with Crippen molar-refractivity contribution in [2.75, 3.05) is 0 Å². The maximum atomic E-state index is 11.4. The summed E-state index contributed by atoms with van der Waals surface area (Å²) in [6.45, 7) is 1.86. The lowest BCUT2D eigenvalue weighted by Gasteiger charge is -1.92. The fourth-order valence-corrected chi connectivity index (χ4v) is 2.77. The Morgan fingerprint density at radius 3 is 2.93 bits per heavy atom. The molecule has 1 heterocycles. The molecule has 1 fully saturated rings. The van der Waals surface area contributed by atoms with Crippen LogP contribution in [-0.4, -0.2) is 10.7 Å². The van der Waals surface area contributed by atoms with E-state index in [-0.39, 0.29) is 27.5 Å². The van der Waals surface area contributed by atoms with Crippen LogP contribution in [0.4, 0.5) is 5.00 Å². The molecule has 0 aliphatic heterocycles. The summed E-state index contributed by atoms with van der Waals surface area (Å²) in [6.07, 6.45) is 1.43. The topological polar surface area (TPSA) is 60.2 Å². The number of nitrogens with zero attached hydrogens (tertiary/aromatic N) is 1. The number of hydrogen-bond acceptors (Lipinski definition) is 4. The predicted octanol–water partition coefficient (Wildman–Crippen LogP) is 2.74. The van der Waals surface area contributed by atoms with Gasteiger partial charge < -0.3 is 0 Å². The molecule has 2 atom stereocenters. The van der Waals surface area contributed by atoms with E-state index in [4.69, 9.17) is 0 Å². The van der Waals surface area contributed by atoms with Gasteiger partial charge in [0, 0.05) is 29.2 Å². The summed E-state index contributed by atoms with van der Waals surface area (Å²) in [5.74, 6) is 0.639. The van der Waals surface area contributed by atoms with E-state index in [0.717, 1.165) is 11.3 Å². The third-order valence-electron chi connectivity index (χ3n) is 2.71. The van der Waals surface area contributed by atoms with Gasteiger partial charge in [-0.05, 0) is 12.5 Å². The molecule has 0 saturated heterocycles. The van der Waals surface area contributed by atoms with Crippen molar-refractivity contribution in [1.82, 2.24) is 0 Å². The molecule has 0 bridgehead atoms. The average Bonchev–Trinajstić information content (AvgIpc) is 2.86. The van der Waals surface area contributed by atoms with Gasteiger partial charge in [0.15, 0.2) is 0 Å². The standard InChI is InChI=1S/C10H11NO3S/c1-2-8(12)6-5-7(6)9-3-4-10(15-9)11(13)14/h3-4,6-7H,2,5H2,1H3. The van der Waals surface area contributed by atoms with Crippen LogP contribution in [0.15, 0.2) is 12.1 Å². The molecule has 4 nitrogen and oxygen atoms in total. The average molecular weight is 225 g/mol. The molecule has 0 N–H and O–H groups in total. The van der Waals surface area contributed by atoms with Crippen LogP contribution in [0.5, 0.6) is 0 Å². The van der Waals surface area contributed by atoms with E-state index in [1.807, 2.05) is 6.92 Å². The summed E-state index contributed by atoms with van der Waals surface area (Å²) < 4.78 is 0. The van der Waals surface area contributed by atoms with Crippen LogP contribution in [0, 0.1) is 16.0 Å². The first-order chi connectivity index (χ1) is 7.13. The second kappa shape index (κ2) is 3.73. The van der Waals surface area contributed by atoms with Gasteiger partial charge in [-0.3, -0.25) is 14.9 Å². The molecule has 15 heavy (non-hydrogen) atoms. The lowest BCUT2D eigenvalue weighted by atomic mass is 10.1. The third kappa shape index (κ3) is 1.92. The lowest BCUT2D eigenvalue weighted by molar-refractivity contribution is -0.380. The van der Waals surface area contributed by atoms with E-state index in [1.165, 1.54) is 17.4 Å². The molecule has 5 heteroatoms. The molecule has 80 valence electrons. The van der Waals surface area contributed by atoms with E-state index in [9.17, 15) is 14.9 Å².